The zero-order valence-corrected chi connectivity index (χ0v) is 13.6. The van der Waals surface area contributed by atoms with Crippen molar-refractivity contribution in [3.63, 3.8) is 0 Å². The van der Waals surface area contributed by atoms with Crippen molar-refractivity contribution in [1.29, 1.82) is 0 Å². The van der Waals surface area contributed by atoms with Crippen LogP contribution in [0.25, 0.3) is 0 Å². The molecule has 23 heavy (non-hydrogen) atoms. The van der Waals surface area contributed by atoms with Gasteiger partial charge in [-0.2, -0.15) is 0 Å². The van der Waals surface area contributed by atoms with Crippen LogP contribution in [0.5, 0.6) is 0 Å². The molecule has 4 aliphatic rings. The van der Waals surface area contributed by atoms with Crippen LogP contribution in [0.1, 0.15) is 5.56 Å². The number of fused-ring (bicyclic) bond motifs is 3. The number of aliphatic hydroxyl groups is 1. The number of carbonyl (C=O) groups is 2. The van der Waals surface area contributed by atoms with Crippen LogP contribution in [0, 0.1) is 5.21 Å². The topological polar surface area (TPSA) is 107 Å². The third-order valence-corrected chi connectivity index (χ3v) is 8.19. The van der Waals surface area contributed by atoms with Crippen molar-refractivity contribution < 1.29 is 19.9 Å². The van der Waals surface area contributed by atoms with E-state index in [1.54, 1.807) is 6.07 Å². The van der Waals surface area contributed by atoms with Gasteiger partial charge >= 0.3 is 0 Å². The van der Waals surface area contributed by atoms with Crippen molar-refractivity contribution in [2.75, 3.05) is 23.8 Å². The smallest absolute Gasteiger partial charge is 0.268 e. The molecule has 1 aromatic rings. The van der Waals surface area contributed by atoms with Crippen molar-refractivity contribution >= 4 is 44.8 Å². The van der Waals surface area contributed by atoms with E-state index in [4.69, 9.17) is 5.21 Å². The number of anilines is 2. The standard InChI is InChI=1S/C13H12N3O5S2/c1-14-10(18)12-5-7-2-3-8(16(20)21)4-9(7)15(12)11(19)13(14,6-17)23-22-12/h2-4,17,20H,5-6H2,1H3/q-1. The predicted octanol–water partition coefficient (Wildman–Crippen LogP) is 0.521. The number of carbonyl (C=O) groups excluding carboxylic acids is 2. The molecule has 1 aromatic carbocycles. The third-order valence-electron chi connectivity index (χ3n) is 4.57. The number of amides is 2. The van der Waals surface area contributed by atoms with Crippen molar-refractivity contribution in [3.8, 4) is 0 Å². The van der Waals surface area contributed by atoms with E-state index in [2.05, 4.69) is 0 Å². The van der Waals surface area contributed by atoms with Crippen molar-refractivity contribution in [3.05, 3.63) is 29.0 Å². The Labute approximate surface area is 139 Å². The zero-order valence-electron chi connectivity index (χ0n) is 11.9. The molecule has 0 aromatic heterocycles. The molecule has 4 aliphatic heterocycles. The molecule has 2 bridgehead atoms. The molecular formula is C13H12N3O5S2-. The lowest BCUT2D eigenvalue weighted by Gasteiger charge is -2.57. The number of nitrogens with zero attached hydrogens (tertiary/aromatic N) is 3. The minimum absolute atomic E-state index is 0.0217. The van der Waals surface area contributed by atoms with Gasteiger partial charge in [-0.3, -0.25) is 19.7 Å². The summed E-state index contributed by atoms with van der Waals surface area (Å²) in [6.45, 7) is -0.499. The summed E-state index contributed by atoms with van der Waals surface area (Å²) in [6, 6.07) is 4.45. The Morgan fingerprint density at radius 3 is 2.74 bits per heavy atom. The molecule has 122 valence electrons. The van der Waals surface area contributed by atoms with E-state index in [-0.39, 0.29) is 16.8 Å². The van der Waals surface area contributed by atoms with Crippen LogP contribution in [0.2, 0.25) is 0 Å². The van der Waals surface area contributed by atoms with Gasteiger partial charge < -0.3 is 20.4 Å². The summed E-state index contributed by atoms with van der Waals surface area (Å²) in [4.78, 5) is 26.1. The van der Waals surface area contributed by atoms with Gasteiger partial charge in [-0.05, 0) is 28.5 Å². The molecule has 5 rings (SSSR count). The second-order valence-corrected chi connectivity index (χ2v) is 8.35. The minimum Gasteiger partial charge on any atom is -0.733 e. The molecule has 2 atom stereocenters. The van der Waals surface area contributed by atoms with E-state index in [0.717, 1.165) is 5.56 Å². The highest BCUT2D eigenvalue weighted by Gasteiger charge is 2.70. The van der Waals surface area contributed by atoms with Gasteiger partial charge in [0.1, 0.15) is 0 Å². The Kier molecular flexibility index (Phi) is 2.98. The van der Waals surface area contributed by atoms with Gasteiger partial charge in [-0.15, -0.1) is 0 Å². The number of likely N-dealkylation sites (N-methyl/N-ethyl adjacent to an activating group) is 1. The summed E-state index contributed by atoms with van der Waals surface area (Å²) < 4.78 is 0. The van der Waals surface area contributed by atoms with Crippen LogP contribution in [-0.2, 0) is 16.0 Å². The predicted molar refractivity (Wildman–Crippen MR) is 85.8 cm³/mol. The molecule has 2 unspecified atom stereocenters. The lowest BCUT2D eigenvalue weighted by Crippen LogP contribution is -2.77. The van der Waals surface area contributed by atoms with E-state index in [9.17, 15) is 19.9 Å². The summed E-state index contributed by atoms with van der Waals surface area (Å²) in [5.41, 5.74) is 1.15. The maximum absolute atomic E-state index is 13.0. The molecule has 4 heterocycles. The maximum Gasteiger partial charge on any atom is 0.268 e. The second kappa shape index (κ2) is 4.54. The Bertz CT molecular complexity index is 744. The van der Waals surface area contributed by atoms with Crippen LogP contribution in [0.15, 0.2) is 18.2 Å². The van der Waals surface area contributed by atoms with E-state index in [1.807, 2.05) is 0 Å². The SMILES string of the molecule is CN1C(=O)C23Cc4ccc(N([O-])O)cc4N2C(=O)C1(CO)SS3. The molecule has 3 saturated heterocycles. The Balaban J connectivity index is 1.91. The summed E-state index contributed by atoms with van der Waals surface area (Å²) in [5.74, 6) is -0.646. The van der Waals surface area contributed by atoms with E-state index in [1.165, 1.54) is 50.6 Å². The van der Waals surface area contributed by atoms with Crippen LogP contribution < -0.4 is 10.1 Å². The normalized spacial score (nSPS) is 31.5. The third kappa shape index (κ3) is 1.59. The summed E-state index contributed by atoms with van der Waals surface area (Å²) >= 11 is 0. The van der Waals surface area contributed by atoms with E-state index >= 15 is 0 Å². The van der Waals surface area contributed by atoms with Gasteiger partial charge in [-0.1, -0.05) is 16.9 Å². The summed E-state index contributed by atoms with van der Waals surface area (Å²) in [5, 5.41) is 29.7. The molecule has 0 saturated carbocycles. The fraction of sp³-hybridized carbons (Fsp3) is 0.385. The highest BCUT2D eigenvalue weighted by Crippen LogP contribution is 2.63. The zero-order chi connectivity index (χ0) is 16.6. The monoisotopic (exact) mass is 354 g/mol. The Morgan fingerprint density at radius 2 is 2.09 bits per heavy atom. The molecule has 2 amide bonds. The molecule has 0 aliphatic carbocycles. The van der Waals surface area contributed by atoms with Gasteiger partial charge in [0.25, 0.3) is 11.8 Å². The lowest BCUT2D eigenvalue weighted by molar-refractivity contribution is -0.149. The van der Waals surface area contributed by atoms with E-state index < -0.39 is 22.3 Å². The minimum atomic E-state index is -1.36. The van der Waals surface area contributed by atoms with Gasteiger partial charge in [0, 0.05) is 13.5 Å². The Hall–Kier alpha value is -1.46. The van der Waals surface area contributed by atoms with Gasteiger partial charge in [0.15, 0.2) is 4.87 Å². The lowest BCUT2D eigenvalue weighted by atomic mass is 10.0. The maximum atomic E-state index is 13.0. The van der Waals surface area contributed by atoms with Crippen molar-refractivity contribution in [2.24, 2.45) is 0 Å². The summed E-state index contributed by atoms with van der Waals surface area (Å²) in [7, 11) is 3.96. The Morgan fingerprint density at radius 1 is 1.35 bits per heavy atom. The van der Waals surface area contributed by atoms with Gasteiger partial charge in [0.05, 0.1) is 18.0 Å². The first-order chi connectivity index (χ1) is 10.9. The van der Waals surface area contributed by atoms with E-state index in [0.29, 0.717) is 12.1 Å². The van der Waals surface area contributed by atoms with Gasteiger partial charge in [0.2, 0.25) is 4.87 Å². The highest BCUT2D eigenvalue weighted by molar-refractivity contribution is 8.78. The number of aliphatic hydroxyl groups excluding tert-OH is 1. The van der Waals surface area contributed by atoms with Crippen molar-refractivity contribution in [2.45, 2.75) is 16.2 Å². The number of benzene rings is 1. The fourth-order valence-electron chi connectivity index (χ4n) is 3.28. The van der Waals surface area contributed by atoms with Crippen molar-refractivity contribution in [1.82, 2.24) is 4.90 Å². The molecule has 8 nitrogen and oxygen atoms in total. The second-order valence-electron chi connectivity index (χ2n) is 5.66. The molecule has 1 spiro atoms. The molecular weight excluding hydrogens is 342 g/mol. The number of hydrogen-bond donors (Lipinski definition) is 2. The van der Waals surface area contributed by atoms with Crippen LogP contribution >= 0.6 is 21.6 Å². The number of hydrogen-bond acceptors (Lipinski definition) is 8. The molecule has 2 N–H and O–H groups in total. The van der Waals surface area contributed by atoms with Crippen LogP contribution in [0.4, 0.5) is 11.4 Å². The highest BCUT2D eigenvalue weighted by atomic mass is 33.1. The fourth-order valence-corrected chi connectivity index (χ4v) is 6.79. The number of piperazine rings is 1. The van der Waals surface area contributed by atoms with Gasteiger partial charge in [-0.25, -0.2) is 0 Å². The number of rotatable bonds is 2. The largest absolute Gasteiger partial charge is 0.733 e. The average molecular weight is 354 g/mol. The molecule has 10 heteroatoms. The molecule has 0 radical (unpaired) electrons. The summed E-state index contributed by atoms with van der Waals surface area (Å²) in [6.07, 6.45) is 0.320. The average Bonchev–Trinajstić information content (AvgIpc) is 2.88. The van der Waals surface area contributed by atoms with Crippen LogP contribution in [0.3, 0.4) is 0 Å². The van der Waals surface area contributed by atoms with Crippen LogP contribution in [-0.4, -0.2) is 50.4 Å². The first kappa shape index (κ1) is 15.1. The molecule has 3 fully saturated rings. The first-order valence-electron chi connectivity index (χ1n) is 6.77. The first-order valence-corrected chi connectivity index (χ1v) is 8.92. The quantitative estimate of drug-likeness (QED) is 0.585.